The number of nitrogens with two attached hydrogens (primary N) is 1. The van der Waals surface area contributed by atoms with Gasteiger partial charge in [-0.05, 0) is 23.3 Å². The van der Waals surface area contributed by atoms with E-state index in [4.69, 9.17) is 29.4 Å². The molecule has 0 heterocycles. The maximum atomic E-state index is 10.3. The van der Waals surface area contributed by atoms with Crippen molar-refractivity contribution in [1.29, 1.82) is 0 Å². The van der Waals surface area contributed by atoms with Gasteiger partial charge < -0.3 is 39.8 Å². The summed E-state index contributed by atoms with van der Waals surface area (Å²) in [4.78, 5) is 0. The van der Waals surface area contributed by atoms with E-state index >= 15 is 0 Å². The predicted molar refractivity (Wildman–Crippen MR) is 153 cm³/mol. The number of rotatable bonds is 21. The van der Waals surface area contributed by atoms with E-state index in [1.54, 1.807) is 0 Å². The fourth-order valence-corrected chi connectivity index (χ4v) is 3.73. The van der Waals surface area contributed by atoms with Crippen LogP contribution < -0.4 is 25.3 Å². The Morgan fingerprint density at radius 1 is 0.667 bits per heavy atom. The molecule has 1 unspecified atom stereocenters. The van der Waals surface area contributed by atoms with Crippen molar-refractivity contribution in [3.63, 3.8) is 0 Å². The first kappa shape index (κ1) is 30.4. The van der Waals surface area contributed by atoms with Gasteiger partial charge in [0.15, 0.2) is 11.5 Å². The molecule has 0 aliphatic carbocycles. The van der Waals surface area contributed by atoms with Gasteiger partial charge in [-0.2, -0.15) is 0 Å². The Balaban J connectivity index is 1.44. The largest absolute Gasteiger partial charge is 0.491 e. The summed E-state index contributed by atoms with van der Waals surface area (Å²) < 4.78 is 28.8. The molecule has 0 aliphatic heterocycles. The van der Waals surface area contributed by atoms with Gasteiger partial charge in [0.25, 0.3) is 0 Å². The molecule has 0 radical (unpaired) electrons. The zero-order valence-electron chi connectivity index (χ0n) is 22.6. The molecule has 1 atom stereocenters. The fourth-order valence-electron chi connectivity index (χ4n) is 3.73. The third-order valence-electron chi connectivity index (χ3n) is 5.78. The first-order chi connectivity index (χ1) is 19.2. The molecule has 3 rings (SSSR count). The summed E-state index contributed by atoms with van der Waals surface area (Å²) in [5, 5.41) is 13.5. The normalized spacial score (nSPS) is 11.7. The van der Waals surface area contributed by atoms with Gasteiger partial charge in [0, 0.05) is 38.5 Å². The Morgan fingerprint density at radius 2 is 1.28 bits per heavy atom. The van der Waals surface area contributed by atoms with E-state index in [-0.39, 0.29) is 6.61 Å². The Kier molecular flexibility index (Phi) is 14.8. The number of aliphatic hydroxyl groups excluding tert-OH is 1. The molecule has 0 aliphatic rings. The zero-order chi connectivity index (χ0) is 27.4. The second-order valence-corrected chi connectivity index (χ2v) is 8.96. The minimum absolute atomic E-state index is 0.151. The van der Waals surface area contributed by atoms with Crippen LogP contribution in [0.2, 0.25) is 0 Å². The number of nitrogens with one attached hydrogen (secondary N) is 1. The highest BCUT2D eigenvalue weighted by Crippen LogP contribution is 2.32. The maximum Gasteiger partial charge on any atom is 0.164 e. The third kappa shape index (κ3) is 13.0. The van der Waals surface area contributed by atoms with E-state index in [9.17, 15) is 5.11 Å². The summed E-state index contributed by atoms with van der Waals surface area (Å²) in [6.45, 7) is 4.86. The summed E-state index contributed by atoms with van der Waals surface area (Å²) >= 11 is 0. The average molecular weight is 539 g/mol. The molecule has 3 aromatic carbocycles. The van der Waals surface area contributed by atoms with Gasteiger partial charge in [-0.25, -0.2) is 0 Å². The van der Waals surface area contributed by atoms with Crippen LogP contribution in [-0.2, 0) is 22.3 Å². The smallest absolute Gasteiger partial charge is 0.164 e. The lowest BCUT2D eigenvalue weighted by Crippen LogP contribution is -2.33. The van der Waals surface area contributed by atoms with E-state index < -0.39 is 6.10 Å². The Labute approximate surface area is 232 Å². The van der Waals surface area contributed by atoms with Crippen molar-refractivity contribution in [2.24, 2.45) is 5.73 Å². The second-order valence-electron chi connectivity index (χ2n) is 8.96. The van der Waals surface area contributed by atoms with Gasteiger partial charge >= 0.3 is 0 Å². The zero-order valence-corrected chi connectivity index (χ0v) is 22.6. The number of hydrogen-bond acceptors (Lipinski definition) is 8. The van der Waals surface area contributed by atoms with Crippen molar-refractivity contribution in [2.45, 2.75) is 18.9 Å². The Hall–Kier alpha value is -3.14. The molecule has 0 spiro atoms. The van der Waals surface area contributed by atoms with E-state index in [0.29, 0.717) is 76.5 Å². The highest BCUT2D eigenvalue weighted by molar-refractivity contribution is 5.45. The van der Waals surface area contributed by atoms with Crippen LogP contribution in [0.25, 0.3) is 0 Å². The van der Waals surface area contributed by atoms with Crippen molar-refractivity contribution in [2.75, 3.05) is 65.9 Å². The van der Waals surface area contributed by atoms with Gasteiger partial charge in [0.05, 0.1) is 39.6 Å². The Bertz CT molecular complexity index is 1020. The standard InChI is InChI=1S/C31H42N2O6/c32-15-19-35-21-22-36-20-16-33-24-28(34)25-39-29-11-12-30(37-17-13-26-7-3-1-4-8-26)31(23-29)38-18-14-27-9-5-2-6-10-27/h1-12,23,28,33-34H,13-22,24-25,32H2. The van der Waals surface area contributed by atoms with Crippen molar-refractivity contribution in [3.05, 3.63) is 90.0 Å². The Morgan fingerprint density at radius 3 is 1.92 bits per heavy atom. The number of ether oxygens (including phenoxy) is 5. The van der Waals surface area contributed by atoms with Gasteiger partial charge in [0.2, 0.25) is 0 Å². The molecule has 212 valence electrons. The number of aliphatic hydroxyl groups is 1. The topological polar surface area (TPSA) is 104 Å². The molecule has 3 aromatic rings. The van der Waals surface area contributed by atoms with Gasteiger partial charge in [-0.1, -0.05) is 60.7 Å². The molecular weight excluding hydrogens is 496 g/mol. The molecule has 0 aromatic heterocycles. The van der Waals surface area contributed by atoms with Gasteiger partial charge in [-0.3, -0.25) is 0 Å². The first-order valence-corrected chi connectivity index (χ1v) is 13.6. The molecule has 0 saturated carbocycles. The summed E-state index contributed by atoms with van der Waals surface area (Å²) in [6.07, 6.45) is 0.918. The first-order valence-electron chi connectivity index (χ1n) is 13.6. The lowest BCUT2D eigenvalue weighted by atomic mass is 10.2. The lowest BCUT2D eigenvalue weighted by molar-refractivity contribution is 0.0498. The molecular formula is C31H42N2O6. The summed E-state index contributed by atoms with van der Waals surface area (Å²) in [6, 6.07) is 26.0. The summed E-state index contributed by atoms with van der Waals surface area (Å²) in [7, 11) is 0. The van der Waals surface area contributed by atoms with E-state index in [2.05, 4.69) is 29.6 Å². The van der Waals surface area contributed by atoms with Gasteiger partial charge in [0.1, 0.15) is 18.5 Å². The molecule has 8 nitrogen and oxygen atoms in total. The maximum absolute atomic E-state index is 10.3. The minimum Gasteiger partial charge on any atom is -0.491 e. The second kappa shape index (κ2) is 19.0. The highest BCUT2D eigenvalue weighted by atomic mass is 16.5. The van der Waals surface area contributed by atoms with E-state index in [0.717, 1.165) is 12.8 Å². The van der Waals surface area contributed by atoms with Crippen LogP contribution in [0.15, 0.2) is 78.9 Å². The summed E-state index contributed by atoms with van der Waals surface area (Å²) in [5.74, 6) is 1.90. The molecule has 0 amide bonds. The lowest BCUT2D eigenvalue weighted by Gasteiger charge is -2.17. The highest BCUT2D eigenvalue weighted by Gasteiger charge is 2.11. The van der Waals surface area contributed by atoms with Crippen molar-refractivity contribution >= 4 is 0 Å². The average Bonchev–Trinajstić information content (AvgIpc) is 2.97. The van der Waals surface area contributed by atoms with Crippen LogP contribution in [0.3, 0.4) is 0 Å². The van der Waals surface area contributed by atoms with Crippen molar-refractivity contribution in [1.82, 2.24) is 5.32 Å². The quantitative estimate of drug-likeness (QED) is 0.178. The summed E-state index contributed by atoms with van der Waals surface area (Å²) in [5.41, 5.74) is 7.79. The van der Waals surface area contributed by atoms with Crippen LogP contribution in [0.5, 0.6) is 17.2 Å². The monoisotopic (exact) mass is 538 g/mol. The van der Waals surface area contributed by atoms with E-state index in [1.807, 2.05) is 54.6 Å². The molecule has 0 fully saturated rings. The minimum atomic E-state index is -0.665. The number of benzene rings is 3. The third-order valence-corrected chi connectivity index (χ3v) is 5.78. The molecule has 0 saturated heterocycles. The molecule has 4 N–H and O–H groups in total. The van der Waals surface area contributed by atoms with Crippen LogP contribution in [0.1, 0.15) is 11.1 Å². The van der Waals surface area contributed by atoms with Gasteiger partial charge in [-0.15, -0.1) is 0 Å². The molecule has 0 bridgehead atoms. The molecule has 8 heteroatoms. The SMILES string of the molecule is NCCOCCOCCNCC(O)COc1ccc(OCCc2ccccc2)c(OCCc2ccccc2)c1. The fraction of sp³-hybridized carbons (Fsp3) is 0.419. The molecule has 39 heavy (non-hydrogen) atoms. The van der Waals surface area contributed by atoms with Crippen LogP contribution in [-0.4, -0.2) is 77.1 Å². The van der Waals surface area contributed by atoms with Crippen LogP contribution >= 0.6 is 0 Å². The number of hydrogen-bond donors (Lipinski definition) is 3. The van der Waals surface area contributed by atoms with Crippen LogP contribution in [0, 0.1) is 0 Å². The van der Waals surface area contributed by atoms with Crippen molar-refractivity contribution in [3.8, 4) is 17.2 Å². The predicted octanol–water partition coefficient (Wildman–Crippen LogP) is 3.25. The van der Waals surface area contributed by atoms with E-state index in [1.165, 1.54) is 11.1 Å². The van der Waals surface area contributed by atoms with Crippen LogP contribution in [0.4, 0.5) is 0 Å². The van der Waals surface area contributed by atoms with Crippen molar-refractivity contribution < 1.29 is 28.8 Å².